The molecule has 0 aromatic heterocycles. The highest BCUT2D eigenvalue weighted by atomic mass is 15.2. The van der Waals surface area contributed by atoms with Crippen molar-refractivity contribution in [3.63, 3.8) is 0 Å². The van der Waals surface area contributed by atoms with E-state index in [2.05, 4.69) is 0 Å². The van der Waals surface area contributed by atoms with E-state index in [-0.39, 0.29) is 110 Å². The number of fused-ring (bicyclic) bond motifs is 1. The van der Waals surface area contributed by atoms with Gasteiger partial charge >= 0.3 is 0 Å². The molecule has 1 nitrogen and oxygen atoms in total. The third-order valence-electron chi connectivity index (χ3n) is 11.5. The van der Waals surface area contributed by atoms with Crippen LogP contribution in [0.2, 0.25) is 0 Å². The van der Waals surface area contributed by atoms with Gasteiger partial charge in [0.2, 0.25) is 0 Å². The fourth-order valence-corrected chi connectivity index (χ4v) is 8.23. The largest absolute Gasteiger partial charge is 0.313 e. The van der Waals surface area contributed by atoms with Crippen molar-refractivity contribution < 1.29 is 0 Å². The lowest BCUT2D eigenvalue weighted by molar-refractivity contribution is 1.37. The van der Waals surface area contributed by atoms with E-state index in [1.165, 1.54) is 4.90 Å². The van der Waals surface area contributed by atoms with Crippen LogP contribution in [0.1, 0.15) is 0 Å². The van der Waals surface area contributed by atoms with Crippen molar-refractivity contribution in [3.8, 4) is 44.5 Å². The van der Waals surface area contributed by atoms with Crippen LogP contribution in [0.3, 0.4) is 0 Å². The molecule has 0 aliphatic carbocycles. The molecular weight excluding hydrogens is 729 g/mol. The zero-order valence-electron chi connectivity index (χ0n) is 33.5. The van der Waals surface area contributed by atoms with Gasteiger partial charge in [-0.25, -0.2) is 0 Å². The van der Waals surface area contributed by atoms with E-state index in [1.54, 1.807) is 0 Å². The van der Waals surface area contributed by atoms with Crippen molar-refractivity contribution >= 4 is 227 Å². The number of anilines is 3. The third-order valence-corrected chi connectivity index (χ3v) is 11.5. The summed E-state index contributed by atoms with van der Waals surface area (Å²) in [6, 6.07) is 34.9. The minimum Gasteiger partial charge on any atom is -0.313 e. The van der Waals surface area contributed by atoms with E-state index in [0.717, 1.165) is 22.3 Å². The number of rotatable bonds is 7. The molecule has 0 fully saturated rings. The number of hydrogen-bond acceptors (Lipinski definition) is 1. The summed E-state index contributed by atoms with van der Waals surface area (Å²) in [7, 11) is 103. The van der Waals surface area contributed by atoms with Crippen LogP contribution in [0.4, 0.5) is 17.1 Å². The van der Waals surface area contributed by atoms with E-state index < -0.39 is 0 Å². The smallest absolute Gasteiger partial charge is 0.115 e. The Kier molecular flexibility index (Phi) is 11.8. The monoisotopic (exact) mass is 749 g/mol. The average Bonchev–Trinajstić information content (AvgIpc) is 3.28. The summed E-state index contributed by atoms with van der Waals surface area (Å²) >= 11 is 0. The molecule has 8 rings (SSSR count). The van der Waals surface area contributed by atoms with Crippen molar-refractivity contribution in [3.05, 3.63) is 109 Å². The van der Waals surface area contributed by atoms with E-state index >= 15 is 0 Å². The molecule has 0 amide bonds. The Morgan fingerprint density at radius 3 is 1.02 bits per heavy atom. The first-order valence-corrected chi connectivity index (χ1v) is 19.2. The number of nitrogens with zero attached hydrogens (tertiary/aromatic N) is 1. The summed E-state index contributed by atoms with van der Waals surface area (Å²) < 4.78 is 0. The van der Waals surface area contributed by atoms with Crippen molar-refractivity contribution in [1.82, 2.24) is 0 Å². The Bertz CT molecular complexity index is 3060. The molecule has 0 saturated carbocycles. The molecule has 0 aliphatic rings. The molecule has 8 aromatic carbocycles. The van der Waals surface area contributed by atoms with Gasteiger partial charge < -0.3 is 4.90 Å². The second-order valence-electron chi connectivity index (χ2n) is 14.9. The van der Waals surface area contributed by atoms with E-state index in [0.29, 0.717) is 22.3 Å². The fraction of sp³-hybridized carbons (Fsp3) is 0. The van der Waals surface area contributed by atoms with Crippen LogP contribution in [-0.2, 0) is 0 Å². The lowest BCUT2D eigenvalue weighted by Crippen LogP contribution is -2.55. The predicted octanol–water partition coefficient (Wildman–Crippen LogP) is -5.12. The molecule has 252 valence electrons. The lowest BCUT2D eigenvalue weighted by atomic mass is 9.59. The highest BCUT2D eigenvalue weighted by molar-refractivity contribution is 6.73. The Labute approximate surface area is 383 Å². The predicted molar refractivity (Wildman–Crippen MR) is 281 cm³/mol. The number of hydrogen-bond donors (Lipinski definition) is 0. The molecule has 0 aliphatic heterocycles. The maximum absolute atomic E-state index is 7.17. The van der Waals surface area contributed by atoms with Crippen LogP contribution in [0, 0.1) is 0 Å². The van der Waals surface area contributed by atoms with E-state index in [4.69, 9.17) is 118 Å². The molecule has 0 spiro atoms. The van der Waals surface area contributed by atoms with Crippen molar-refractivity contribution in [2.45, 2.75) is 0 Å². The van der Waals surface area contributed by atoms with Gasteiger partial charge in [-0.15, -0.1) is 16.4 Å². The summed E-state index contributed by atoms with van der Waals surface area (Å²) in [6.07, 6.45) is 0. The van der Waals surface area contributed by atoms with Gasteiger partial charge in [-0.3, -0.25) is 0 Å². The van der Waals surface area contributed by atoms with Crippen LogP contribution in [0.5, 0.6) is 0 Å². The molecule has 0 N–H and O–H groups in total. The van der Waals surface area contributed by atoms with Crippen molar-refractivity contribution in [1.29, 1.82) is 0 Å². The zero-order valence-corrected chi connectivity index (χ0v) is 33.5. The first kappa shape index (κ1) is 43.4. The highest BCUT2D eigenvalue weighted by Crippen LogP contribution is 2.36. The Balaban J connectivity index is 1.49. The van der Waals surface area contributed by atoms with Crippen LogP contribution in [0.15, 0.2) is 109 Å². The van der Waals surface area contributed by atoms with E-state index in [1.807, 2.05) is 109 Å². The van der Waals surface area contributed by atoms with E-state index in [9.17, 15) is 0 Å². The molecular formula is C46H18B15N. The SMILES string of the molecule is [B]c1c([B])c(N(c2c([B])c([B])c(-c3ccc(-c4ccccc4)c(-c4ccccc4)c3)c([B])c2[B])c2c([B])c([B])c([B])c3c([B])c([B])c([B])c([B])c23)c([B])c([B])c1-c1ccccc1. The van der Waals surface area contributed by atoms with Crippen LogP contribution in [0.25, 0.3) is 55.3 Å². The first-order chi connectivity index (χ1) is 29.6. The lowest BCUT2D eigenvalue weighted by Gasteiger charge is -2.40. The summed E-state index contributed by atoms with van der Waals surface area (Å²) in [6.45, 7) is 0. The minimum atomic E-state index is -0.127. The van der Waals surface area contributed by atoms with Gasteiger partial charge in [0.15, 0.2) is 0 Å². The molecule has 0 atom stereocenters. The molecule has 0 heterocycles. The summed E-state index contributed by atoms with van der Waals surface area (Å²) in [5.41, 5.74) is 5.30. The minimum absolute atomic E-state index is 0.00390. The second-order valence-corrected chi connectivity index (χ2v) is 14.9. The van der Waals surface area contributed by atoms with Crippen molar-refractivity contribution in [2.24, 2.45) is 0 Å². The third kappa shape index (κ3) is 6.88. The standard InChI is InChI=1S/C46H18B15N/c47-29-25(21-14-8-3-9-15-21)30(48)40(58)45(39(29)57)62(44-28-27(34(52)38(56)43(44)61)33(51)36(54)37(55)35(28)53)46-41(59)31(49)26(32(50)42(46)60)22-16-17-23(19-10-4-1-5-11-19)24(18-22)20-12-6-2-7-13-20/h1-18H. The molecule has 16 heteroatoms. The summed E-state index contributed by atoms with van der Waals surface area (Å²) in [4.78, 5) is 1.42. The first-order valence-electron chi connectivity index (χ1n) is 19.2. The Morgan fingerprint density at radius 1 is 0.242 bits per heavy atom. The molecule has 30 radical (unpaired) electrons. The van der Waals surface area contributed by atoms with Gasteiger partial charge in [-0.2, -0.15) is 0 Å². The quantitative estimate of drug-likeness (QED) is 0.148. The molecule has 0 unspecified atom stereocenters. The molecule has 62 heavy (non-hydrogen) atoms. The van der Waals surface area contributed by atoms with Gasteiger partial charge in [0, 0.05) is 17.1 Å². The van der Waals surface area contributed by atoms with Gasteiger partial charge in [-0.1, -0.05) is 169 Å². The number of benzene rings is 8. The average molecular weight is 747 g/mol. The summed E-state index contributed by atoms with van der Waals surface area (Å²) in [5, 5.41) is 0.229. The Hall–Kier alpha value is -5.21. The van der Waals surface area contributed by atoms with Gasteiger partial charge in [0.25, 0.3) is 0 Å². The molecule has 0 bridgehead atoms. The van der Waals surface area contributed by atoms with Crippen LogP contribution >= 0.6 is 0 Å². The normalized spacial score (nSPS) is 11.2. The van der Waals surface area contributed by atoms with Crippen LogP contribution < -0.4 is 86.8 Å². The molecule has 0 saturated heterocycles. The van der Waals surface area contributed by atoms with Crippen molar-refractivity contribution in [2.75, 3.05) is 4.90 Å². The second kappa shape index (κ2) is 16.8. The summed E-state index contributed by atoms with van der Waals surface area (Å²) in [5.74, 6) is 0. The molecule has 8 aromatic rings. The van der Waals surface area contributed by atoms with Gasteiger partial charge in [0.1, 0.15) is 118 Å². The highest BCUT2D eigenvalue weighted by Gasteiger charge is 2.30. The topological polar surface area (TPSA) is 3.24 Å². The van der Waals surface area contributed by atoms with Gasteiger partial charge in [0.05, 0.1) is 0 Å². The maximum atomic E-state index is 7.17. The van der Waals surface area contributed by atoms with Gasteiger partial charge in [-0.05, 0) is 61.3 Å². The van der Waals surface area contributed by atoms with Crippen LogP contribution in [-0.4, -0.2) is 118 Å². The Morgan fingerprint density at radius 2 is 0.581 bits per heavy atom. The maximum Gasteiger partial charge on any atom is 0.115 e. The fourth-order valence-electron chi connectivity index (χ4n) is 8.23. The zero-order chi connectivity index (χ0) is 44.5.